The zero-order valence-electron chi connectivity index (χ0n) is 9.27. The highest BCUT2D eigenvalue weighted by Gasteiger charge is 2.13. The van der Waals surface area contributed by atoms with Crippen molar-refractivity contribution in [3.05, 3.63) is 41.0 Å². The van der Waals surface area contributed by atoms with Crippen LogP contribution in [0.2, 0.25) is 0 Å². The number of nitrogens with two attached hydrogens (primary N) is 1. The Morgan fingerprint density at radius 2 is 1.94 bits per heavy atom. The van der Waals surface area contributed by atoms with E-state index in [0.717, 1.165) is 5.56 Å². The highest BCUT2D eigenvalue weighted by atomic mass is 19.1. The van der Waals surface area contributed by atoms with Crippen LogP contribution in [0, 0.1) is 18.6 Å². The first-order chi connectivity index (χ1) is 7.56. The summed E-state index contributed by atoms with van der Waals surface area (Å²) in [7, 11) is 0. The number of rotatable bonds is 1. The summed E-state index contributed by atoms with van der Waals surface area (Å²) in [6.07, 6.45) is 0.535. The summed E-state index contributed by atoms with van der Waals surface area (Å²) in [5, 5.41) is 1.05. The Morgan fingerprint density at radius 1 is 1.25 bits per heavy atom. The minimum absolute atomic E-state index is 0.110. The van der Waals surface area contributed by atoms with E-state index in [9.17, 15) is 8.78 Å². The third-order valence-electron chi connectivity index (χ3n) is 2.87. The van der Waals surface area contributed by atoms with Gasteiger partial charge < -0.3 is 5.73 Å². The SMILES string of the molecule is CCc1c(F)ccc2c(F)c(N)cc(C)c12. The summed E-state index contributed by atoms with van der Waals surface area (Å²) in [5.41, 5.74) is 7.02. The lowest BCUT2D eigenvalue weighted by atomic mass is 9.97. The average molecular weight is 221 g/mol. The average Bonchev–Trinajstić information content (AvgIpc) is 2.25. The Labute approximate surface area is 92.9 Å². The lowest BCUT2D eigenvalue weighted by Crippen LogP contribution is -1.98. The van der Waals surface area contributed by atoms with E-state index in [1.54, 1.807) is 6.07 Å². The summed E-state index contributed by atoms with van der Waals surface area (Å²) in [6.45, 7) is 3.67. The Balaban J connectivity index is 2.99. The lowest BCUT2D eigenvalue weighted by Gasteiger charge is -2.11. The molecule has 0 saturated carbocycles. The Kier molecular flexibility index (Phi) is 2.54. The minimum Gasteiger partial charge on any atom is -0.396 e. The van der Waals surface area contributed by atoms with E-state index in [2.05, 4.69) is 0 Å². The van der Waals surface area contributed by atoms with Crippen molar-refractivity contribution in [2.75, 3.05) is 5.73 Å². The number of benzene rings is 2. The van der Waals surface area contributed by atoms with Crippen LogP contribution >= 0.6 is 0 Å². The molecule has 0 aliphatic carbocycles. The van der Waals surface area contributed by atoms with Gasteiger partial charge in [-0.05, 0) is 48.1 Å². The van der Waals surface area contributed by atoms with Crippen LogP contribution in [0.1, 0.15) is 18.1 Å². The maximum atomic E-state index is 13.8. The van der Waals surface area contributed by atoms with Crippen molar-refractivity contribution in [3.63, 3.8) is 0 Å². The molecule has 2 aromatic carbocycles. The Hall–Kier alpha value is -1.64. The zero-order chi connectivity index (χ0) is 11.9. The van der Waals surface area contributed by atoms with Gasteiger partial charge in [0.15, 0.2) is 5.82 Å². The Bertz CT molecular complexity index is 562. The van der Waals surface area contributed by atoms with Crippen LogP contribution in [0.5, 0.6) is 0 Å². The third kappa shape index (κ3) is 1.43. The first kappa shape index (κ1) is 10.9. The van der Waals surface area contributed by atoms with Gasteiger partial charge >= 0.3 is 0 Å². The molecular weight excluding hydrogens is 208 g/mol. The van der Waals surface area contributed by atoms with Crippen molar-refractivity contribution >= 4 is 16.5 Å². The summed E-state index contributed by atoms with van der Waals surface area (Å²) >= 11 is 0. The normalized spacial score (nSPS) is 11.0. The second-order valence-electron chi connectivity index (χ2n) is 3.90. The highest BCUT2D eigenvalue weighted by molar-refractivity contribution is 5.92. The molecule has 0 aromatic heterocycles. The van der Waals surface area contributed by atoms with E-state index >= 15 is 0 Å². The van der Waals surface area contributed by atoms with Crippen molar-refractivity contribution in [2.45, 2.75) is 20.3 Å². The van der Waals surface area contributed by atoms with Crippen molar-refractivity contribution in [1.29, 1.82) is 0 Å². The van der Waals surface area contributed by atoms with Gasteiger partial charge in [-0.2, -0.15) is 0 Å². The number of hydrogen-bond donors (Lipinski definition) is 1. The monoisotopic (exact) mass is 221 g/mol. The number of aryl methyl sites for hydroxylation is 2. The van der Waals surface area contributed by atoms with Crippen molar-refractivity contribution in [2.24, 2.45) is 0 Å². The summed E-state index contributed by atoms with van der Waals surface area (Å²) in [4.78, 5) is 0. The molecule has 0 fully saturated rings. The molecule has 0 atom stereocenters. The molecule has 0 aliphatic heterocycles. The van der Waals surface area contributed by atoms with E-state index in [0.29, 0.717) is 22.8 Å². The first-order valence-electron chi connectivity index (χ1n) is 5.22. The number of anilines is 1. The largest absolute Gasteiger partial charge is 0.396 e. The number of nitrogen functional groups attached to an aromatic ring is 1. The van der Waals surface area contributed by atoms with Crippen LogP contribution in [-0.4, -0.2) is 0 Å². The van der Waals surface area contributed by atoms with Gasteiger partial charge in [0.1, 0.15) is 5.82 Å². The molecule has 0 saturated heterocycles. The molecule has 0 spiro atoms. The molecule has 0 radical (unpaired) electrons. The van der Waals surface area contributed by atoms with E-state index < -0.39 is 5.82 Å². The fourth-order valence-electron chi connectivity index (χ4n) is 2.13. The van der Waals surface area contributed by atoms with Crippen LogP contribution in [-0.2, 0) is 6.42 Å². The highest BCUT2D eigenvalue weighted by Crippen LogP contribution is 2.30. The molecule has 1 nitrogen and oxygen atoms in total. The van der Waals surface area contributed by atoms with Gasteiger partial charge in [0.2, 0.25) is 0 Å². The lowest BCUT2D eigenvalue weighted by molar-refractivity contribution is 0.613. The maximum absolute atomic E-state index is 13.8. The van der Waals surface area contributed by atoms with Crippen LogP contribution in [0.4, 0.5) is 14.5 Å². The summed E-state index contributed by atoms with van der Waals surface area (Å²) in [6, 6.07) is 4.29. The fraction of sp³-hybridized carbons (Fsp3) is 0.231. The summed E-state index contributed by atoms with van der Waals surface area (Å²) < 4.78 is 27.4. The minimum atomic E-state index is -0.463. The van der Waals surface area contributed by atoms with E-state index in [1.165, 1.54) is 12.1 Å². The predicted octanol–water partition coefficient (Wildman–Crippen LogP) is 3.57. The van der Waals surface area contributed by atoms with Crippen LogP contribution < -0.4 is 5.73 Å². The van der Waals surface area contributed by atoms with E-state index in [1.807, 2.05) is 13.8 Å². The van der Waals surface area contributed by atoms with Crippen molar-refractivity contribution in [1.82, 2.24) is 0 Å². The fourth-order valence-corrected chi connectivity index (χ4v) is 2.13. The van der Waals surface area contributed by atoms with Gasteiger partial charge in [-0.3, -0.25) is 0 Å². The van der Waals surface area contributed by atoms with Gasteiger partial charge in [-0.1, -0.05) is 6.92 Å². The van der Waals surface area contributed by atoms with Crippen molar-refractivity contribution < 1.29 is 8.78 Å². The summed E-state index contributed by atoms with van der Waals surface area (Å²) in [5.74, 6) is -0.752. The standard InChI is InChI=1S/C13H13F2N/c1-3-8-10(14)5-4-9-12(8)7(2)6-11(16)13(9)15/h4-6H,3,16H2,1-2H3. The molecule has 0 heterocycles. The van der Waals surface area contributed by atoms with E-state index in [-0.39, 0.29) is 11.5 Å². The molecule has 2 rings (SSSR count). The molecular formula is C13H13F2N. The first-order valence-corrected chi connectivity index (χ1v) is 5.22. The van der Waals surface area contributed by atoms with Crippen molar-refractivity contribution in [3.8, 4) is 0 Å². The molecule has 2 N–H and O–H groups in total. The molecule has 0 bridgehead atoms. The number of halogens is 2. The van der Waals surface area contributed by atoms with Crippen LogP contribution in [0.15, 0.2) is 18.2 Å². The molecule has 2 aromatic rings. The topological polar surface area (TPSA) is 26.0 Å². The number of hydrogen-bond acceptors (Lipinski definition) is 1. The molecule has 0 unspecified atom stereocenters. The molecule has 0 aliphatic rings. The van der Waals surface area contributed by atoms with Gasteiger partial charge in [-0.15, -0.1) is 0 Å². The molecule has 3 heteroatoms. The zero-order valence-corrected chi connectivity index (χ0v) is 9.27. The van der Waals surface area contributed by atoms with Crippen LogP contribution in [0.25, 0.3) is 10.8 Å². The van der Waals surface area contributed by atoms with Gasteiger partial charge in [-0.25, -0.2) is 8.78 Å². The number of fused-ring (bicyclic) bond motifs is 1. The van der Waals surface area contributed by atoms with Gasteiger partial charge in [0, 0.05) is 5.39 Å². The van der Waals surface area contributed by atoms with E-state index in [4.69, 9.17) is 5.73 Å². The van der Waals surface area contributed by atoms with Gasteiger partial charge in [0.25, 0.3) is 0 Å². The second kappa shape index (κ2) is 3.74. The molecule has 16 heavy (non-hydrogen) atoms. The molecule has 84 valence electrons. The van der Waals surface area contributed by atoms with Crippen LogP contribution in [0.3, 0.4) is 0 Å². The smallest absolute Gasteiger partial charge is 0.153 e. The Morgan fingerprint density at radius 3 is 2.56 bits per heavy atom. The second-order valence-corrected chi connectivity index (χ2v) is 3.90. The third-order valence-corrected chi connectivity index (χ3v) is 2.87. The predicted molar refractivity (Wildman–Crippen MR) is 62.4 cm³/mol. The van der Waals surface area contributed by atoms with Gasteiger partial charge in [0.05, 0.1) is 5.69 Å². The maximum Gasteiger partial charge on any atom is 0.153 e. The molecule has 0 amide bonds. The quantitative estimate of drug-likeness (QED) is 0.732.